The molecule has 98 valence electrons. The van der Waals surface area contributed by atoms with E-state index in [-0.39, 0.29) is 0 Å². The van der Waals surface area contributed by atoms with Crippen molar-refractivity contribution in [2.75, 3.05) is 7.11 Å². The number of nitrogens with zero attached hydrogens (tertiary/aromatic N) is 1. The molecule has 3 rings (SSSR count). The average Bonchev–Trinajstić information content (AvgIpc) is 3.03. The Kier molecular flexibility index (Phi) is 3.40. The zero-order valence-electron chi connectivity index (χ0n) is 10.6. The van der Waals surface area contributed by atoms with Crippen LogP contribution >= 0.6 is 23.6 Å². The van der Waals surface area contributed by atoms with Gasteiger partial charge in [-0.25, -0.2) is 0 Å². The summed E-state index contributed by atoms with van der Waals surface area (Å²) in [5.74, 6) is 0.853. The molecule has 1 aromatic carbocycles. The number of aryl methyl sites for hydroxylation is 2. The van der Waals surface area contributed by atoms with Gasteiger partial charge in [0.15, 0.2) is 4.77 Å². The highest BCUT2D eigenvalue weighted by Crippen LogP contribution is 2.21. The summed E-state index contributed by atoms with van der Waals surface area (Å²) in [5.41, 5.74) is 3.50. The first-order valence-electron chi connectivity index (χ1n) is 6.05. The molecule has 2 heterocycles. The number of nitrogens with one attached hydrogen (secondary N) is 1. The van der Waals surface area contributed by atoms with Crippen LogP contribution in [0.1, 0.15) is 5.56 Å². The minimum atomic E-state index is 0.762. The summed E-state index contributed by atoms with van der Waals surface area (Å²) in [7, 11) is 1.68. The Hall–Kier alpha value is -1.59. The highest BCUT2D eigenvalue weighted by atomic mass is 32.1. The maximum absolute atomic E-state index is 5.40. The van der Waals surface area contributed by atoms with Crippen molar-refractivity contribution in [3.63, 3.8) is 0 Å². The number of H-pyrrole nitrogens is 1. The Morgan fingerprint density at radius 3 is 3.00 bits per heavy atom. The number of methoxy groups -OCH3 is 1. The van der Waals surface area contributed by atoms with Crippen molar-refractivity contribution in [3.8, 4) is 5.75 Å². The minimum absolute atomic E-state index is 0.762. The monoisotopic (exact) mass is 290 g/mol. The van der Waals surface area contributed by atoms with E-state index in [1.165, 1.54) is 5.56 Å². The van der Waals surface area contributed by atoms with E-state index in [4.69, 9.17) is 17.0 Å². The third-order valence-electron chi connectivity index (χ3n) is 3.19. The molecule has 3 nitrogen and oxygen atoms in total. The summed E-state index contributed by atoms with van der Waals surface area (Å²) in [4.78, 5) is 3.23. The molecule has 0 saturated carbocycles. The molecule has 0 spiro atoms. The lowest BCUT2D eigenvalue weighted by molar-refractivity contribution is 0.415. The van der Waals surface area contributed by atoms with Crippen LogP contribution in [0.15, 0.2) is 35.0 Å². The number of aromatic nitrogens is 2. The number of thiophene rings is 1. The Labute approximate surface area is 120 Å². The molecule has 0 fully saturated rings. The zero-order chi connectivity index (χ0) is 13.2. The highest BCUT2D eigenvalue weighted by molar-refractivity contribution is 7.71. The van der Waals surface area contributed by atoms with Crippen LogP contribution in [-0.4, -0.2) is 16.7 Å². The number of rotatable bonds is 4. The first kappa shape index (κ1) is 12.4. The van der Waals surface area contributed by atoms with E-state index in [1.54, 1.807) is 18.4 Å². The van der Waals surface area contributed by atoms with E-state index in [0.717, 1.165) is 34.5 Å². The van der Waals surface area contributed by atoms with Gasteiger partial charge in [-0.05, 0) is 53.2 Å². The zero-order valence-corrected chi connectivity index (χ0v) is 12.2. The molecular formula is C14H14N2OS2. The van der Waals surface area contributed by atoms with Gasteiger partial charge in [-0.3, -0.25) is 0 Å². The number of ether oxygens (including phenoxy) is 1. The van der Waals surface area contributed by atoms with E-state index in [1.807, 2.05) is 18.2 Å². The summed E-state index contributed by atoms with van der Waals surface area (Å²) >= 11 is 7.12. The maximum Gasteiger partial charge on any atom is 0.178 e. The maximum atomic E-state index is 5.40. The quantitative estimate of drug-likeness (QED) is 0.736. The second kappa shape index (κ2) is 5.19. The van der Waals surface area contributed by atoms with Gasteiger partial charge in [0.05, 0.1) is 18.1 Å². The molecule has 1 N–H and O–H groups in total. The third-order valence-corrected chi connectivity index (χ3v) is 4.24. The molecule has 0 radical (unpaired) electrons. The summed E-state index contributed by atoms with van der Waals surface area (Å²) in [6.45, 7) is 0.878. The molecule has 0 atom stereocenters. The molecule has 0 aliphatic rings. The second-order valence-corrected chi connectivity index (χ2v) is 5.51. The molecule has 0 amide bonds. The number of fused-ring (bicyclic) bond motifs is 1. The molecule has 2 aromatic heterocycles. The summed E-state index contributed by atoms with van der Waals surface area (Å²) in [6.07, 6.45) is 0.988. The van der Waals surface area contributed by atoms with Gasteiger partial charge >= 0.3 is 0 Å². The van der Waals surface area contributed by atoms with Crippen molar-refractivity contribution >= 4 is 34.6 Å². The number of hydrogen-bond donors (Lipinski definition) is 1. The van der Waals surface area contributed by atoms with Gasteiger partial charge in [-0.1, -0.05) is 0 Å². The standard InChI is InChI=1S/C14H14N2OS2/c1-17-11-2-3-12-13(8-11)16(14(18)15-12)6-4-10-5-7-19-9-10/h2-3,5,7-9H,4,6H2,1H3,(H,15,18). The first-order chi connectivity index (χ1) is 9.28. The lowest BCUT2D eigenvalue weighted by Gasteiger charge is -2.05. The van der Waals surface area contributed by atoms with Crippen molar-refractivity contribution in [1.82, 2.24) is 9.55 Å². The number of benzene rings is 1. The molecule has 0 aliphatic heterocycles. The van der Waals surface area contributed by atoms with Crippen LogP contribution < -0.4 is 4.74 Å². The van der Waals surface area contributed by atoms with Crippen LogP contribution in [0.3, 0.4) is 0 Å². The summed E-state index contributed by atoms with van der Waals surface area (Å²) < 4.78 is 8.17. The fourth-order valence-electron chi connectivity index (χ4n) is 2.16. The van der Waals surface area contributed by atoms with Gasteiger partial charge in [0.25, 0.3) is 0 Å². The Bertz CT molecular complexity index is 740. The molecular weight excluding hydrogens is 276 g/mol. The van der Waals surface area contributed by atoms with Crippen LogP contribution in [0.25, 0.3) is 11.0 Å². The van der Waals surface area contributed by atoms with Crippen molar-refractivity contribution in [2.45, 2.75) is 13.0 Å². The van der Waals surface area contributed by atoms with Gasteiger partial charge in [-0.2, -0.15) is 11.3 Å². The van der Waals surface area contributed by atoms with Gasteiger partial charge in [0, 0.05) is 12.6 Å². The van der Waals surface area contributed by atoms with Crippen LogP contribution in [-0.2, 0) is 13.0 Å². The minimum Gasteiger partial charge on any atom is -0.497 e. The molecule has 5 heteroatoms. The predicted molar refractivity (Wildman–Crippen MR) is 81.7 cm³/mol. The molecule has 0 saturated heterocycles. The van der Waals surface area contributed by atoms with Gasteiger partial charge < -0.3 is 14.3 Å². The molecule has 3 aromatic rings. The van der Waals surface area contributed by atoms with Gasteiger partial charge in [0.2, 0.25) is 0 Å². The van der Waals surface area contributed by atoms with E-state index in [9.17, 15) is 0 Å². The molecule has 0 bridgehead atoms. The third kappa shape index (κ3) is 2.43. The van der Waals surface area contributed by atoms with Crippen molar-refractivity contribution < 1.29 is 4.74 Å². The fourth-order valence-corrected chi connectivity index (χ4v) is 3.16. The Morgan fingerprint density at radius 1 is 1.37 bits per heavy atom. The molecule has 0 aliphatic carbocycles. The summed E-state index contributed by atoms with van der Waals surface area (Å²) in [6, 6.07) is 8.13. The molecule has 0 unspecified atom stereocenters. The SMILES string of the molecule is COc1ccc2[nH]c(=S)n(CCc3ccsc3)c2c1. The number of imidazole rings is 1. The van der Waals surface area contributed by atoms with E-state index < -0.39 is 0 Å². The van der Waals surface area contributed by atoms with E-state index in [0.29, 0.717) is 0 Å². The van der Waals surface area contributed by atoms with Crippen LogP contribution in [0.5, 0.6) is 5.75 Å². The average molecular weight is 290 g/mol. The summed E-state index contributed by atoms with van der Waals surface area (Å²) in [5, 5.41) is 4.28. The molecule has 19 heavy (non-hydrogen) atoms. The van der Waals surface area contributed by atoms with Crippen molar-refractivity contribution in [2.24, 2.45) is 0 Å². The van der Waals surface area contributed by atoms with E-state index >= 15 is 0 Å². The van der Waals surface area contributed by atoms with Crippen molar-refractivity contribution in [3.05, 3.63) is 45.4 Å². The predicted octanol–water partition coefficient (Wildman–Crippen LogP) is 4.01. The van der Waals surface area contributed by atoms with Gasteiger partial charge in [-0.15, -0.1) is 0 Å². The highest BCUT2D eigenvalue weighted by Gasteiger charge is 2.06. The number of hydrogen-bond acceptors (Lipinski definition) is 3. The largest absolute Gasteiger partial charge is 0.497 e. The first-order valence-corrected chi connectivity index (χ1v) is 7.40. The van der Waals surface area contributed by atoms with Crippen molar-refractivity contribution in [1.29, 1.82) is 0 Å². The topological polar surface area (TPSA) is 29.9 Å². The van der Waals surface area contributed by atoms with Crippen LogP contribution in [0.2, 0.25) is 0 Å². The lowest BCUT2D eigenvalue weighted by atomic mass is 10.2. The number of aromatic amines is 1. The van der Waals surface area contributed by atoms with Crippen LogP contribution in [0.4, 0.5) is 0 Å². The van der Waals surface area contributed by atoms with Crippen LogP contribution in [0, 0.1) is 4.77 Å². The Balaban J connectivity index is 1.97. The normalized spacial score (nSPS) is 11.0. The van der Waals surface area contributed by atoms with E-state index in [2.05, 4.69) is 26.4 Å². The fraction of sp³-hybridized carbons (Fsp3) is 0.214. The Morgan fingerprint density at radius 2 is 2.26 bits per heavy atom. The lowest BCUT2D eigenvalue weighted by Crippen LogP contribution is -2.00. The smallest absolute Gasteiger partial charge is 0.178 e. The second-order valence-electron chi connectivity index (χ2n) is 4.35. The van der Waals surface area contributed by atoms with Gasteiger partial charge in [0.1, 0.15) is 5.75 Å².